The van der Waals surface area contributed by atoms with Gasteiger partial charge < -0.3 is 10.8 Å². The van der Waals surface area contributed by atoms with Gasteiger partial charge in [0.1, 0.15) is 0 Å². The van der Waals surface area contributed by atoms with Crippen LogP contribution in [0.3, 0.4) is 0 Å². The quantitative estimate of drug-likeness (QED) is 0.484. The molecule has 0 rings (SSSR count). The molecule has 0 aromatic rings. The second-order valence-electron chi connectivity index (χ2n) is 3.28. The summed E-state index contributed by atoms with van der Waals surface area (Å²) in [5.74, 6) is -0.463. The molecular formula is C10H19NO2. The Labute approximate surface area is 79.6 Å². The number of nitrogens with two attached hydrogens (primary N) is 1. The number of hydrogen-bond acceptors (Lipinski definition) is 2. The average Bonchev–Trinajstić information content (AvgIpc) is 2.04. The van der Waals surface area contributed by atoms with E-state index < -0.39 is 12.0 Å². The lowest BCUT2D eigenvalue weighted by Crippen LogP contribution is -2.14. The lowest BCUT2D eigenvalue weighted by atomic mass is 10.1. The lowest BCUT2D eigenvalue weighted by Gasteiger charge is -2.05. The van der Waals surface area contributed by atoms with Gasteiger partial charge in [0.25, 0.3) is 0 Å². The van der Waals surface area contributed by atoms with Crippen LogP contribution in [0.2, 0.25) is 0 Å². The minimum absolute atomic E-state index is 0.434. The van der Waals surface area contributed by atoms with Gasteiger partial charge >= 0.3 is 0 Å². The molecule has 0 aromatic heterocycles. The maximum Gasteiger partial charge on any atom is 0.244 e. The number of primary amides is 1. The highest BCUT2D eigenvalue weighted by atomic mass is 16.3. The van der Waals surface area contributed by atoms with Crippen molar-refractivity contribution in [3.8, 4) is 0 Å². The first-order valence-corrected chi connectivity index (χ1v) is 4.74. The van der Waals surface area contributed by atoms with E-state index in [2.05, 4.69) is 6.92 Å². The zero-order valence-electron chi connectivity index (χ0n) is 8.42. The normalized spacial score (nSPS) is 14.2. The van der Waals surface area contributed by atoms with E-state index in [1.165, 1.54) is 6.08 Å². The fraction of sp³-hybridized carbons (Fsp3) is 0.700. The van der Waals surface area contributed by atoms with E-state index in [-0.39, 0.29) is 0 Å². The number of unbranched alkanes of at least 4 members (excludes halogenated alkanes) is 2. The summed E-state index contributed by atoms with van der Waals surface area (Å²) in [6.45, 7) is 3.72. The number of rotatable bonds is 6. The smallest absolute Gasteiger partial charge is 0.244 e. The highest BCUT2D eigenvalue weighted by molar-refractivity contribution is 5.91. The van der Waals surface area contributed by atoms with Crippen molar-refractivity contribution in [1.82, 2.24) is 0 Å². The van der Waals surface area contributed by atoms with Gasteiger partial charge in [-0.25, -0.2) is 0 Å². The van der Waals surface area contributed by atoms with E-state index >= 15 is 0 Å². The Morgan fingerprint density at radius 3 is 2.62 bits per heavy atom. The summed E-state index contributed by atoms with van der Waals surface area (Å²) in [6.07, 6.45) is 4.93. The zero-order chi connectivity index (χ0) is 10.3. The SMILES string of the molecule is CCCCCC(O)/C=C(\C)C(N)=O. The molecule has 0 saturated heterocycles. The van der Waals surface area contributed by atoms with Crippen LogP contribution in [0.4, 0.5) is 0 Å². The van der Waals surface area contributed by atoms with Crippen LogP contribution in [0.5, 0.6) is 0 Å². The molecule has 76 valence electrons. The van der Waals surface area contributed by atoms with Gasteiger partial charge in [0.2, 0.25) is 5.91 Å². The number of amides is 1. The van der Waals surface area contributed by atoms with E-state index in [9.17, 15) is 9.90 Å². The minimum atomic E-state index is -0.529. The fourth-order valence-corrected chi connectivity index (χ4v) is 1.06. The van der Waals surface area contributed by atoms with Crippen LogP contribution in [-0.2, 0) is 4.79 Å². The van der Waals surface area contributed by atoms with E-state index in [1.54, 1.807) is 6.92 Å². The second-order valence-corrected chi connectivity index (χ2v) is 3.28. The Kier molecular flexibility index (Phi) is 6.24. The first kappa shape index (κ1) is 12.2. The number of hydrogen-bond donors (Lipinski definition) is 2. The number of carbonyl (C=O) groups excluding carboxylic acids is 1. The van der Waals surface area contributed by atoms with Crippen molar-refractivity contribution in [3.05, 3.63) is 11.6 Å². The van der Waals surface area contributed by atoms with Gasteiger partial charge in [-0.15, -0.1) is 0 Å². The van der Waals surface area contributed by atoms with Crippen LogP contribution in [0.25, 0.3) is 0 Å². The van der Waals surface area contributed by atoms with Crippen molar-refractivity contribution in [1.29, 1.82) is 0 Å². The van der Waals surface area contributed by atoms with Gasteiger partial charge in [-0.1, -0.05) is 26.2 Å². The molecule has 1 unspecified atom stereocenters. The van der Waals surface area contributed by atoms with Gasteiger partial charge in [-0.2, -0.15) is 0 Å². The second kappa shape index (κ2) is 6.66. The third kappa shape index (κ3) is 6.34. The Morgan fingerprint density at radius 1 is 1.54 bits per heavy atom. The molecule has 0 fully saturated rings. The van der Waals surface area contributed by atoms with Crippen LogP contribution in [0.1, 0.15) is 39.5 Å². The summed E-state index contributed by atoms with van der Waals surface area (Å²) in [5, 5.41) is 9.41. The third-order valence-electron chi connectivity index (χ3n) is 1.93. The van der Waals surface area contributed by atoms with Crippen LogP contribution in [-0.4, -0.2) is 17.1 Å². The molecule has 0 spiro atoms. The van der Waals surface area contributed by atoms with Crippen LogP contribution in [0.15, 0.2) is 11.6 Å². The molecule has 0 bridgehead atoms. The van der Waals surface area contributed by atoms with E-state index in [0.717, 1.165) is 19.3 Å². The monoisotopic (exact) mass is 185 g/mol. The Morgan fingerprint density at radius 2 is 2.15 bits per heavy atom. The molecule has 0 radical (unpaired) electrons. The molecule has 0 aliphatic carbocycles. The molecule has 0 aliphatic rings. The Balaban J connectivity index is 3.78. The highest BCUT2D eigenvalue weighted by Crippen LogP contribution is 2.06. The Hall–Kier alpha value is -0.830. The molecule has 1 atom stereocenters. The molecule has 3 heteroatoms. The summed E-state index contributed by atoms with van der Waals surface area (Å²) in [7, 11) is 0. The molecular weight excluding hydrogens is 166 g/mol. The van der Waals surface area contributed by atoms with Crippen LogP contribution < -0.4 is 5.73 Å². The fourth-order valence-electron chi connectivity index (χ4n) is 1.06. The van der Waals surface area contributed by atoms with Crippen molar-refractivity contribution in [2.75, 3.05) is 0 Å². The highest BCUT2D eigenvalue weighted by Gasteiger charge is 2.03. The van der Waals surface area contributed by atoms with Gasteiger partial charge in [0.05, 0.1) is 6.10 Å². The zero-order valence-corrected chi connectivity index (χ0v) is 8.42. The summed E-state index contributed by atoms with van der Waals surface area (Å²) < 4.78 is 0. The summed E-state index contributed by atoms with van der Waals surface area (Å²) in [6, 6.07) is 0. The largest absolute Gasteiger partial charge is 0.389 e. The molecule has 3 nitrogen and oxygen atoms in total. The van der Waals surface area contributed by atoms with Crippen molar-refractivity contribution < 1.29 is 9.90 Å². The molecule has 1 amide bonds. The molecule has 0 aromatic carbocycles. The predicted octanol–water partition coefficient (Wildman–Crippen LogP) is 1.36. The molecule has 13 heavy (non-hydrogen) atoms. The summed E-state index contributed by atoms with van der Waals surface area (Å²) in [4.78, 5) is 10.6. The molecule has 0 heterocycles. The van der Waals surface area contributed by atoms with Gasteiger partial charge in [-0.05, 0) is 19.4 Å². The minimum Gasteiger partial charge on any atom is -0.389 e. The van der Waals surface area contributed by atoms with Gasteiger partial charge in [-0.3, -0.25) is 4.79 Å². The van der Waals surface area contributed by atoms with Crippen LogP contribution in [0, 0.1) is 0 Å². The average molecular weight is 185 g/mol. The van der Waals surface area contributed by atoms with E-state index in [4.69, 9.17) is 5.73 Å². The molecule has 3 N–H and O–H groups in total. The van der Waals surface area contributed by atoms with Crippen molar-refractivity contribution in [3.63, 3.8) is 0 Å². The number of aliphatic hydroxyl groups is 1. The maximum absolute atomic E-state index is 10.6. The first-order valence-electron chi connectivity index (χ1n) is 4.74. The van der Waals surface area contributed by atoms with E-state index in [1.807, 2.05) is 0 Å². The molecule has 0 saturated carbocycles. The summed E-state index contributed by atoms with van der Waals surface area (Å²) >= 11 is 0. The van der Waals surface area contributed by atoms with Gasteiger partial charge in [0.15, 0.2) is 0 Å². The van der Waals surface area contributed by atoms with Crippen molar-refractivity contribution >= 4 is 5.91 Å². The first-order chi connectivity index (χ1) is 6.07. The number of carbonyl (C=O) groups is 1. The predicted molar refractivity (Wildman–Crippen MR) is 53.1 cm³/mol. The molecule has 0 aliphatic heterocycles. The maximum atomic E-state index is 10.6. The third-order valence-corrected chi connectivity index (χ3v) is 1.93. The van der Waals surface area contributed by atoms with Crippen molar-refractivity contribution in [2.45, 2.75) is 45.6 Å². The van der Waals surface area contributed by atoms with Crippen molar-refractivity contribution in [2.24, 2.45) is 5.73 Å². The topological polar surface area (TPSA) is 63.3 Å². The van der Waals surface area contributed by atoms with Gasteiger partial charge in [0, 0.05) is 5.57 Å². The Bertz CT molecular complexity index is 187. The summed E-state index contributed by atoms with van der Waals surface area (Å²) in [5.41, 5.74) is 5.46. The number of aliphatic hydroxyl groups excluding tert-OH is 1. The standard InChI is InChI=1S/C10H19NO2/c1-3-4-5-6-9(12)7-8(2)10(11)13/h7,9,12H,3-6H2,1-2H3,(H2,11,13)/b8-7+. The lowest BCUT2D eigenvalue weighted by molar-refractivity contribution is -0.114. The van der Waals surface area contributed by atoms with Crippen LogP contribution >= 0.6 is 0 Å². The van der Waals surface area contributed by atoms with E-state index in [0.29, 0.717) is 12.0 Å².